The van der Waals surface area contributed by atoms with Crippen LogP contribution in [0.15, 0.2) is 0 Å². The van der Waals surface area contributed by atoms with Gasteiger partial charge in [0.2, 0.25) is 0 Å². The second kappa shape index (κ2) is 63.8. The van der Waals surface area contributed by atoms with Gasteiger partial charge in [0.15, 0.2) is 0 Å². The fraction of sp³-hybridized carbons (Fsp3) is 0.727. The average molecular weight is 1020 g/mol. The molecule has 0 aromatic heterocycles. The Morgan fingerprint density at radius 2 is 0.636 bits per heavy atom. The van der Waals surface area contributed by atoms with Crippen LogP contribution in [0.4, 0.5) is 0 Å². The van der Waals surface area contributed by atoms with Crippen molar-refractivity contribution in [2.75, 3.05) is 13.1 Å². The Bertz CT molecular complexity index is 533. The molecular formula is C22H47Mo2N7S13. The average Bonchev–Trinajstić information content (AvgIpc) is 2.76. The van der Waals surface area contributed by atoms with Crippen LogP contribution in [0.25, 0.3) is 0 Å². The van der Waals surface area contributed by atoms with Crippen molar-refractivity contribution < 1.29 is 39.1 Å². The molecule has 0 saturated heterocycles. The van der Waals surface area contributed by atoms with Gasteiger partial charge < -0.3 is 189 Å². The molecule has 0 heterocycles. The molecule has 0 aliphatic heterocycles. The minimum atomic E-state index is 0. The summed E-state index contributed by atoms with van der Waals surface area (Å²) in [4.78, 5) is 0. The van der Waals surface area contributed by atoms with Crippen molar-refractivity contribution in [1.29, 1.82) is 0 Å². The summed E-state index contributed by atoms with van der Waals surface area (Å²) in [7, 11) is 4.09. The Labute approximate surface area is 362 Å². The van der Waals surface area contributed by atoms with Gasteiger partial charge in [-0.3, -0.25) is 0 Å². The first-order chi connectivity index (χ1) is 19.5. The Balaban J connectivity index is -0.0000000533. The van der Waals surface area contributed by atoms with Crippen molar-refractivity contribution in [3.8, 4) is 0 Å². The van der Waals surface area contributed by atoms with Crippen LogP contribution in [0, 0.1) is 11.8 Å². The van der Waals surface area contributed by atoms with Crippen LogP contribution in [-0.4, -0.2) is 39.0 Å². The predicted octanol–water partition coefficient (Wildman–Crippen LogP) is 4.31. The van der Waals surface area contributed by atoms with Gasteiger partial charge in [-0.2, -0.15) is 0 Å². The van der Waals surface area contributed by atoms with E-state index < -0.39 is 0 Å². The van der Waals surface area contributed by atoms with E-state index in [0.29, 0.717) is 0 Å². The third kappa shape index (κ3) is 314. The van der Waals surface area contributed by atoms with Crippen LogP contribution in [0.1, 0.15) is 79.1 Å². The van der Waals surface area contributed by atoms with E-state index in [1.807, 2.05) is 0 Å². The maximum absolute atomic E-state index is 4.66. The molecule has 44 heavy (non-hydrogen) atoms. The van der Waals surface area contributed by atoms with Gasteiger partial charge in [0.05, 0.1) is 0 Å². The van der Waals surface area contributed by atoms with Crippen molar-refractivity contribution in [1.82, 2.24) is 5.32 Å². The molecule has 0 aromatic rings. The van der Waals surface area contributed by atoms with Crippen LogP contribution in [0.2, 0.25) is 0 Å². The quantitative estimate of drug-likeness (QED) is 0.0639. The molecule has 0 fully saturated rings. The number of thiocarbonyl (C=S) groups is 6. The van der Waals surface area contributed by atoms with Crippen molar-refractivity contribution >= 4 is 185 Å². The van der Waals surface area contributed by atoms with Crippen molar-refractivity contribution in [2.24, 2.45) is 46.2 Å². The maximum atomic E-state index is 4.66. The molecule has 0 aromatic carbocycles. The molecule has 0 rings (SSSR count). The molecule has 22 heteroatoms. The number of unbranched alkanes of at least 4 members (excludes halogenated alkanes) is 4. The fourth-order valence-corrected chi connectivity index (χ4v) is 2.08. The SMILES string of the molecule is CC(C)CCCCCNCCCCCC(C)C.NC(=S)[S-].NC(=S)[S-].NC(=S)[S-].NC(=S)[S-].NC(=S)[S-].NC(=S)[S-].[Mo+4].[S]=[Mo+2]. The van der Waals surface area contributed by atoms with Gasteiger partial charge in [0, 0.05) is 0 Å². The van der Waals surface area contributed by atoms with E-state index in [4.69, 9.17) is 0 Å². The zero-order valence-corrected chi connectivity index (χ0v) is 39.9. The summed E-state index contributed by atoms with van der Waals surface area (Å²) >= 11 is 51.1. The minimum absolute atomic E-state index is 0. The molecular weight excluding hydrogens is 971 g/mol. The van der Waals surface area contributed by atoms with E-state index in [0.717, 1.165) is 11.8 Å². The van der Waals surface area contributed by atoms with Gasteiger partial charge in [0.1, 0.15) is 0 Å². The third-order valence-corrected chi connectivity index (χ3v) is 3.27. The van der Waals surface area contributed by atoms with Crippen LogP contribution < -0.4 is 39.7 Å². The van der Waals surface area contributed by atoms with E-state index in [1.54, 1.807) is 0 Å². The first-order valence-corrected chi connectivity index (χ1v) is 19.9. The molecule has 13 N–H and O–H groups in total. The Morgan fingerprint density at radius 3 is 0.773 bits per heavy atom. The Kier molecular flexibility index (Phi) is 99.0. The molecule has 0 aliphatic rings. The molecule has 7 nitrogen and oxygen atoms in total. The molecule has 0 saturated carbocycles. The summed E-state index contributed by atoms with van der Waals surface area (Å²) in [6, 6.07) is 0. The van der Waals surface area contributed by atoms with Crippen LogP contribution >= 0.6 is 83.1 Å². The van der Waals surface area contributed by atoms with Crippen molar-refractivity contribution in [3.05, 3.63) is 0 Å². The zero-order valence-electron chi connectivity index (χ0n) is 25.3. The number of nitrogens with two attached hydrogens (primary N) is 6. The van der Waals surface area contributed by atoms with Crippen LogP contribution in [-0.2, 0) is 115 Å². The topological polar surface area (TPSA) is 168 Å². The predicted molar refractivity (Wildman–Crippen MR) is 232 cm³/mol. The first kappa shape index (κ1) is 68.2. The number of nitrogens with one attached hydrogen (secondary N) is 1. The molecule has 260 valence electrons. The second-order valence-electron chi connectivity index (χ2n) is 8.15. The van der Waals surface area contributed by atoms with Gasteiger partial charge in [-0.15, -0.1) is 0 Å². The summed E-state index contributed by atoms with van der Waals surface area (Å²) in [6.45, 7) is 11.7. The van der Waals surface area contributed by atoms with Crippen LogP contribution in [0.5, 0.6) is 0 Å². The zero-order chi connectivity index (χ0) is 36.4. The van der Waals surface area contributed by atoms with Crippen molar-refractivity contribution in [2.45, 2.75) is 79.1 Å². The van der Waals surface area contributed by atoms with Gasteiger partial charge >= 0.3 is 48.9 Å². The molecule has 0 radical (unpaired) electrons. The van der Waals surface area contributed by atoms with Gasteiger partial charge in [-0.05, 0) is 37.8 Å². The van der Waals surface area contributed by atoms with E-state index in [2.05, 4.69) is 226 Å². The third-order valence-electron chi connectivity index (χ3n) is 3.27. The summed E-state index contributed by atoms with van der Waals surface area (Å²) < 4.78 is 0.500. The number of hydrogen-bond acceptors (Lipinski definition) is 14. The number of hydrogen-bond donors (Lipinski definition) is 7. The van der Waals surface area contributed by atoms with Gasteiger partial charge in [-0.1, -0.05) is 92.1 Å². The summed E-state index contributed by atoms with van der Waals surface area (Å²) in [5, 5.41) is 3.56. The monoisotopic (exact) mass is 1020 g/mol. The molecule has 0 unspecified atom stereocenters. The normalized spacial score (nSPS) is 7.84. The molecule has 0 aliphatic carbocycles. The first-order valence-electron chi connectivity index (χ1n) is 12.2. The second-order valence-corrected chi connectivity index (χ2v) is 15.0. The fourth-order valence-electron chi connectivity index (χ4n) is 2.08. The molecule has 0 bridgehead atoms. The molecule has 0 atom stereocenters. The molecule has 0 spiro atoms. The Hall–Kier alpha value is 2.22. The van der Waals surface area contributed by atoms with Crippen molar-refractivity contribution in [3.63, 3.8) is 0 Å². The summed E-state index contributed by atoms with van der Waals surface area (Å²) in [5.74, 6) is 1.76. The summed E-state index contributed by atoms with van der Waals surface area (Å²) in [6.07, 6.45) is 11.1. The van der Waals surface area contributed by atoms with E-state index >= 15 is 0 Å². The standard InChI is InChI=1S/C16H35N.6CH3NS2.2Mo.S/c1-15(2)11-7-5-9-13-17-14-10-6-8-12-16(3)4;6*2-1(3)4;;;/h15-17H,5-14H2,1-4H3;6*(H3,2,3,4);;;/q;;;;;;;+2;+4;/p-6. The van der Waals surface area contributed by atoms with E-state index in [-0.39, 0.29) is 47.0 Å². The molecule has 0 amide bonds. The summed E-state index contributed by atoms with van der Waals surface area (Å²) in [5.41, 5.74) is 27.9. The Morgan fingerprint density at radius 1 is 0.477 bits per heavy atom. The van der Waals surface area contributed by atoms with Gasteiger partial charge in [-0.25, -0.2) is 0 Å². The van der Waals surface area contributed by atoms with Gasteiger partial charge in [0.25, 0.3) is 0 Å². The number of rotatable bonds is 12. The van der Waals surface area contributed by atoms with Crippen LogP contribution in [0.3, 0.4) is 0 Å². The van der Waals surface area contributed by atoms with E-state index in [9.17, 15) is 0 Å². The van der Waals surface area contributed by atoms with E-state index in [1.165, 1.54) is 82.5 Å².